The van der Waals surface area contributed by atoms with Gasteiger partial charge in [0, 0.05) is 5.56 Å². The Labute approximate surface area is 146 Å². The van der Waals surface area contributed by atoms with Crippen LogP contribution in [0.15, 0.2) is 48.5 Å². The lowest BCUT2D eigenvalue weighted by Crippen LogP contribution is -1.93. The number of phenols is 1. The van der Waals surface area contributed by atoms with Crippen LogP contribution in [0.4, 0.5) is 8.78 Å². The fourth-order valence-corrected chi connectivity index (χ4v) is 3.21. The summed E-state index contributed by atoms with van der Waals surface area (Å²) in [6.07, 6.45) is 2.75. The van der Waals surface area contributed by atoms with E-state index in [-0.39, 0.29) is 11.5 Å². The van der Waals surface area contributed by atoms with Gasteiger partial charge in [-0.25, -0.2) is 13.8 Å². The van der Waals surface area contributed by atoms with Gasteiger partial charge in [0.2, 0.25) is 0 Å². The molecule has 3 rings (SSSR count). The van der Waals surface area contributed by atoms with Crippen LogP contribution in [0, 0.1) is 18.6 Å². The molecule has 1 aromatic heterocycles. The van der Waals surface area contributed by atoms with E-state index in [0.29, 0.717) is 21.1 Å². The zero-order valence-electron chi connectivity index (χ0n) is 13.2. The zero-order valence-corrected chi connectivity index (χ0v) is 14.0. The molecule has 3 aromatic rings. The first-order chi connectivity index (χ1) is 11.9. The molecule has 0 aliphatic heterocycles. The summed E-state index contributed by atoms with van der Waals surface area (Å²) in [4.78, 5) is 17.2. The van der Waals surface area contributed by atoms with Gasteiger partial charge in [-0.3, -0.25) is 4.79 Å². The molecule has 0 aliphatic rings. The lowest BCUT2D eigenvalue weighted by atomic mass is 10.1. The molecule has 3 nitrogen and oxygen atoms in total. The Kier molecular flexibility index (Phi) is 4.72. The van der Waals surface area contributed by atoms with Crippen molar-refractivity contribution in [3.05, 3.63) is 76.3 Å². The Morgan fingerprint density at radius 1 is 1.12 bits per heavy atom. The highest BCUT2D eigenvalue weighted by Crippen LogP contribution is 2.29. The minimum absolute atomic E-state index is 0.155. The van der Waals surface area contributed by atoms with Crippen molar-refractivity contribution in [3.63, 3.8) is 0 Å². The average molecular weight is 357 g/mol. The molecular formula is C19H13F2NO2S. The van der Waals surface area contributed by atoms with E-state index in [4.69, 9.17) is 0 Å². The zero-order chi connectivity index (χ0) is 18.0. The van der Waals surface area contributed by atoms with Crippen molar-refractivity contribution in [1.82, 2.24) is 4.98 Å². The number of thiazole rings is 1. The Hall–Kier alpha value is -2.86. The van der Waals surface area contributed by atoms with Gasteiger partial charge >= 0.3 is 0 Å². The second-order valence-corrected chi connectivity index (χ2v) is 6.35. The third-order valence-electron chi connectivity index (χ3n) is 3.51. The van der Waals surface area contributed by atoms with E-state index in [1.165, 1.54) is 29.6 Å². The largest absolute Gasteiger partial charge is 0.508 e. The summed E-state index contributed by atoms with van der Waals surface area (Å²) in [5.74, 6) is -1.99. The first-order valence-corrected chi connectivity index (χ1v) is 8.20. The van der Waals surface area contributed by atoms with Crippen LogP contribution in [-0.4, -0.2) is 15.9 Å². The maximum atomic E-state index is 13.2. The monoisotopic (exact) mass is 357 g/mol. The van der Waals surface area contributed by atoms with Crippen molar-refractivity contribution >= 4 is 23.2 Å². The number of benzene rings is 2. The van der Waals surface area contributed by atoms with Crippen molar-refractivity contribution in [2.75, 3.05) is 0 Å². The Morgan fingerprint density at radius 3 is 2.52 bits per heavy atom. The Bertz CT molecular complexity index is 962. The first-order valence-electron chi connectivity index (χ1n) is 7.38. The predicted molar refractivity (Wildman–Crippen MR) is 93.7 cm³/mol. The summed E-state index contributed by atoms with van der Waals surface area (Å²) in [6, 6.07) is 9.98. The van der Waals surface area contributed by atoms with Crippen molar-refractivity contribution in [2.24, 2.45) is 0 Å². The quantitative estimate of drug-likeness (QED) is 0.528. The second-order valence-electron chi connectivity index (χ2n) is 5.35. The van der Waals surface area contributed by atoms with Crippen LogP contribution in [0.2, 0.25) is 0 Å². The number of hydrogen-bond donors (Lipinski definition) is 1. The Balaban J connectivity index is 1.83. The number of ketones is 1. The van der Waals surface area contributed by atoms with E-state index in [0.717, 1.165) is 17.7 Å². The summed E-state index contributed by atoms with van der Waals surface area (Å²) in [5, 5.41) is 10.0. The molecule has 0 unspecified atom stereocenters. The molecule has 1 N–H and O–H groups in total. The van der Waals surface area contributed by atoms with Gasteiger partial charge in [0.25, 0.3) is 0 Å². The highest BCUT2D eigenvalue weighted by atomic mass is 32.1. The van der Waals surface area contributed by atoms with Crippen molar-refractivity contribution in [2.45, 2.75) is 6.92 Å². The molecule has 0 amide bonds. The number of phenolic OH excluding ortho intramolecular Hbond substituents is 1. The van der Waals surface area contributed by atoms with Crippen LogP contribution in [0.25, 0.3) is 16.6 Å². The molecule has 0 saturated carbocycles. The summed E-state index contributed by atoms with van der Waals surface area (Å²) in [7, 11) is 0. The number of aromatic nitrogens is 1. The third kappa shape index (κ3) is 3.80. The number of hydrogen-bond acceptors (Lipinski definition) is 4. The van der Waals surface area contributed by atoms with Crippen LogP contribution in [0.1, 0.15) is 20.9 Å². The molecule has 1 heterocycles. The highest BCUT2D eigenvalue weighted by molar-refractivity contribution is 7.17. The predicted octanol–water partition coefficient (Wildman–Crippen LogP) is 5.00. The topological polar surface area (TPSA) is 50.2 Å². The number of nitrogens with zero attached hydrogens (tertiary/aromatic N) is 1. The average Bonchev–Trinajstić information content (AvgIpc) is 2.98. The van der Waals surface area contributed by atoms with E-state index in [2.05, 4.69) is 4.98 Å². The van der Waals surface area contributed by atoms with Crippen LogP contribution in [0.3, 0.4) is 0 Å². The highest BCUT2D eigenvalue weighted by Gasteiger charge is 2.14. The number of rotatable bonds is 4. The fraction of sp³-hybridized carbons (Fsp3) is 0.0526. The molecule has 0 saturated heterocycles. The van der Waals surface area contributed by atoms with Crippen molar-refractivity contribution < 1.29 is 18.7 Å². The Morgan fingerprint density at radius 2 is 1.84 bits per heavy atom. The molecule has 126 valence electrons. The normalized spacial score (nSPS) is 11.2. The number of halogens is 2. The smallest absolute Gasteiger partial charge is 0.197 e. The third-order valence-corrected chi connectivity index (χ3v) is 4.73. The number of carbonyl (C=O) groups is 1. The van der Waals surface area contributed by atoms with Crippen LogP contribution >= 0.6 is 11.3 Å². The molecule has 0 bridgehead atoms. The fourth-order valence-electron chi connectivity index (χ4n) is 2.22. The minimum atomic E-state index is -0.960. The van der Waals surface area contributed by atoms with Gasteiger partial charge in [-0.05, 0) is 55.0 Å². The molecule has 0 atom stereocenters. The van der Waals surface area contributed by atoms with E-state index in [1.807, 2.05) is 0 Å². The number of carbonyl (C=O) groups excluding carboxylic acids is 1. The summed E-state index contributed by atoms with van der Waals surface area (Å²) < 4.78 is 26.1. The van der Waals surface area contributed by atoms with E-state index >= 15 is 0 Å². The number of allylic oxidation sites excluding steroid dienone is 1. The first kappa shape index (κ1) is 17.0. The molecule has 0 radical (unpaired) electrons. The lowest BCUT2D eigenvalue weighted by Gasteiger charge is -1.96. The number of aryl methyl sites for hydroxylation is 1. The molecular weight excluding hydrogens is 344 g/mol. The summed E-state index contributed by atoms with van der Waals surface area (Å²) >= 11 is 1.24. The van der Waals surface area contributed by atoms with Gasteiger partial charge in [-0.15, -0.1) is 11.3 Å². The molecule has 25 heavy (non-hydrogen) atoms. The molecule has 2 aromatic carbocycles. The van der Waals surface area contributed by atoms with Crippen molar-refractivity contribution in [1.29, 1.82) is 0 Å². The lowest BCUT2D eigenvalue weighted by molar-refractivity contribution is 0.105. The van der Waals surface area contributed by atoms with Gasteiger partial charge in [-0.2, -0.15) is 0 Å². The summed E-state index contributed by atoms with van der Waals surface area (Å²) in [5.41, 5.74) is 1.79. The van der Waals surface area contributed by atoms with Gasteiger partial charge in [-0.1, -0.05) is 12.1 Å². The standard InChI is InChI=1S/C19H13F2NO2S/c1-11-18(25-19(22-11)13-4-6-14(23)7-5-13)17(24)9-3-12-2-8-15(20)16(21)10-12/h2-10,23H,1H3/b9-3+. The van der Waals surface area contributed by atoms with Crippen molar-refractivity contribution in [3.8, 4) is 16.3 Å². The van der Waals surface area contributed by atoms with E-state index < -0.39 is 11.6 Å². The summed E-state index contributed by atoms with van der Waals surface area (Å²) in [6.45, 7) is 1.74. The molecule has 0 spiro atoms. The van der Waals surface area contributed by atoms with Crippen LogP contribution < -0.4 is 0 Å². The molecule has 6 heteroatoms. The maximum Gasteiger partial charge on any atom is 0.197 e. The minimum Gasteiger partial charge on any atom is -0.508 e. The van der Waals surface area contributed by atoms with E-state index in [9.17, 15) is 18.7 Å². The SMILES string of the molecule is Cc1nc(-c2ccc(O)cc2)sc1C(=O)/C=C/c1ccc(F)c(F)c1. The van der Waals surface area contributed by atoms with E-state index in [1.54, 1.807) is 31.2 Å². The van der Waals surface area contributed by atoms with Gasteiger partial charge < -0.3 is 5.11 Å². The second kappa shape index (κ2) is 6.94. The number of aromatic hydroxyl groups is 1. The van der Waals surface area contributed by atoms with Gasteiger partial charge in [0.1, 0.15) is 10.8 Å². The van der Waals surface area contributed by atoms with Crippen LogP contribution in [0.5, 0.6) is 5.75 Å². The van der Waals surface area contributed by atoms with Crippen LogP contribution in [-0.2, 0) is 0 Å². The maximum absolute atomic E-state index is 13.2. The van der Waals surface area contributed by atoms with Gasteiger partial charge in [0.15, 0.2) is 17.4 Å². The van der Waals surface area contributed by atoms with Gasteiger partial charge in [0.05, 0.1) is 10.6 Å². The molecule has 0 aliphatic carbocycles. The molecule has 0 fully saturated rings.